The minimum Gasteiger partial charge on any atom is -0.481 e. The van der Waals surface area contributed by atoms with Gasteiger partial charge in [0, 0.05) is 13.1 Å². The number of rotatable bonds is 14. The quantitative estimate of drug-likeness (QED) is 0.382. The number of carboxylic acid groups (broad SMARTS) is 1. The lowest BCUT2D eigenvalue weighted by Gasteiger charge is -2.20. The number of carbonyl (C=O) groups is 2. The van der Waals surface area contributed by atoms with Crippen molar-refractivity contribution in [3.05, 3.63) is 12.2 Å². The van der Waals surface area contributed by atoms with Gasteiger partial charge in [-0.15, -0.1) is 0 Å². The number of unbranched alkanes of at least 4 members (excludes halogenated alkanes) is 7. The zero-order valence-corrected chi connectivity index (χ0v) is 14.4. The summed E-state index contributed by atoms with van der Waals surface area (Å²) in [7, 11) is 0. The topological polar surface area (TPSA) is 57.6 Å². The van der Waals surface area contributed by atoms with E-state index in [1.165, 1.54) is 25.7 Å². The summed E-state index contributed by atoms with van der Waals surface area (Å²) in [5.74, 6) is -0.901. The summed E-state index contributed by atoms with van der Waals surface area (Å²) in [5, 5.41) is 8.80. The Labute approximate surface area is 135 Å². The summed E-state index contributed by atoms with van der Waals surface area (Å²) < 4.78 is 0. The van der Waals surface area contributed by atoms with Gasteiger partial charge in [-0.3, -0.25) is 9.59 Å². The zero-order valence-electron chi connectivity index (χ0n) is 14.4. The van der Waals surface area contributed by atoms with Crippen molar-refractivity contribution in [2.75, 3.05) is 13.1 Å². The van der Waals surface area contributed by atoms with Crippen molar-refractivity contribution in [1.82, 2.24) is 4.90 Å². The molecule has 0 spiro atoms. The monoisotopic (exact) mass is 311 g/mol. The van der Waals surface area contributed by atoms with Gasteiger partial charge < -0.3 is 10.0 Å². The van der Waals surface area contributed by atoms with Crippen molar-refractivity contribution in [2.24, 2.45) is 0 Å². The third-order valence-electron chi connectivity index (χ3n) is 3.67. The van der Waals surface area contributed by atoms with Crippen LogP contribution in [0.5, 0.6) is 0 Å². The fourth-order valence-electron chi connectivity index (χ4n) is 2.26. The Morgan fingerprint density at radius 2 is 1.55 bits per heavy atom. The number of carbonyl (C=O) groups excluding carboxylic acids is 1. The van der Waals surface area contributed by atoms with Gasteiger partial charge in [-0.25, -0.2) is 0 Å². The van der Waals surface area contributed by atoms with Gasteiger partial charge in [0.25, 0.3) is 0 Å². The van der Waals surface area contributed by atoms with Crippen molar-refractivity contribution in [1.29, 1.82) is 0 Å². The molecule has 0 aromatic rings. The Balaban J connectivity index is 4.15. The molecule has 0 unspecified atom stereocenters. The van der Waals surface area contributed by atoms with Gasteiger partial charge in [-0.05, 0) is 18.9 Å². The molecule has 0 rings (SSSR count). The molecule has 0 radical (unpaired) electrons. The van der Waals surface area contributed by atoms with Crippen LogP contribution in [0.25, 0.3) is 0 Å². The Morgan fingerprint density at radius 3 is 2.18 bits per heavy atom. The standard InChI is InChI=1S/C18H33NO3/c1-3-5-7-9-10-12-15-19(16-14-18(21)22)17(20)13-11-8-6-4-2/h11,13H,3-10,12,14-16H2,1-2H3,(H,21,22)/b13-11+. The average molecular weight is 311 g/mol. The summed E-state index contributed by atoms with van der Waals surface area (Å²) >= 11 is 0. The second kappa shape index (κ2) is 14.6. The van der Waals surface area contributed by atoms with Crippen LogP contribution in [0.2, 0.25) is 0 Å². The molecule has 0 saturated carbocycles. The van der Waals surface area contributed by atoms with Crippen LogP contribution in [0.4, 0.5) is 0 Å². The number of allylic oxidation sites excluding steroid dienone is 1. The van der Waals surface area contributed by atoms with E-state index in [0.717, 1.165) is 32.1 Å². The third-order valence-corrected chi connectivity index (χ3v) is 3.67. The number of carboxylic acids is 1. The Hall–Kier alpha value is -1.32. The van der Waals surface area contributed by atoms with Crippen molar-refractivity contribution >= 4 is 11.9 Å². The molecule has 0 atom stereocenters. The maximum Gasteiger partial charge on any atom is 0.305 e. The predicted octanol–water partition coefficient (Wildman–Crippen LogP) is 4.40. The summed E-state index contributed by atoms with van der Waals surface area (Å²) in [4.78, 5) is 24.5. The van der Waals surface area contributed by atoms with Crippen molar-refractivity contribution in [2.45, 2.75) is 78.1 Å². The van der Waals surface area contributed by atoms with Gasteiger partial charge in [-0.2, -0.15) is 0 Å². The van der Waals surface area contributed by atoms with Gasteiger partial charge >= 0.3 is 5.97 Å². The van der Waals surface area contributed by atoms with Crippen molar-refractivity contribution in [3.63, 3.8) is 0 Å². The first kappa shape index (κ1) is 20.7. The molecule has 22 heavy (non-hydrogen) atoms. The van der Waals surface area contributed by atoms with Gasteiger partial charge in [0.2, 0.25) is 5.91 Å². The van der Waals surface area contributed by atoms with E-state index in [1.807, 2.05) is 6.08 Å². The van der Waals surface area contributed by atoms with E-state index in [4.69, 9.17) is 5.11 Å². The van der Waals surface area contributed by atoms with E-state index < -0.39 is 5.97 Å². The molecule has 0 aliphatic carbocycles. The van der Waals surface area contributed by atoms with Gasteiger partial charge in [0.15, 0.2) is 0 Å². The van der Waals surface area contributed by atoms with E-state index in [2.05, 4.69) is 13.8 Å². The molecule has 1 N–H and O–H groups in total. The molecule has 4 heteroatoms. The van der Waals surface area contributed by atoms with Gasteiger partial charge in [0.05, 0.1) is 6.42 Å². The van der Waals surface area contributed by atoms with E-state index in [9.17, 15) is 9.59 Å². The maximum atomic E-state index is 12.1. The minimum atomic E-state index is -0.851. The first-order chi connectivity index (χ1) is 10.6. The average Bonchev–Trinajstić information content (AvgIpc) is 2.49. The molecule has 0 saturated heterocycles. The SMILES string of the molecule is CCCC/C=C/C(=O)N(CCCCCCCC)CCC(=O)O. The number of aliphatic carboxylic acids is 1. The smallest absolute Gasteiger partial charge is 0.305 e. The van der Waals surface area contributed by atoms with E-state index in [1.54, 1.807) is 11.0 Å². The Morgan fingerprint density at radius 1 is 0.909 bits per heavy atom. The fraction of sp³-hybridized carbons (Fsp3) is 0.778. The van der Waals surface area contributed by atoms with E-state index >= 15 is 0 Å². The molecule has 0 fully saturated rings. The fourth-order valence-corrected chi connectivity index (χ4v) is 2.26. The lowest BCUT2D eigenvalue weighted by molar-refractivity contribution is -0.138. The van der Waals surface area contributed by atoms with E-state index in [0.29, 0.717) is 13.1 Å². The van der Waals surface area contributed by atoms with E-state index in [-0.39, 0.29) is 12.3 Å². The summed E-state index contributed by atoms with van der Waals surface area (Å²) in [6, 6.07) is 0. The molecule has 0 aromatic heterocycles. The highest BCUT2D eigenvalue weighted by Crippen LogP contribution is 2.07. The molecule has 0 aliphatic rings. The second-order valence-corrected chi connectivity index (χ2v) is 5.78. The molecular weight excluding hydrogens is 278 g/mol. The molecule has 0 heterocycles. The van der Waals surface area contributed by atoms with Crippen LogP contribution in [-0.4, -0.2) is 35.0 Å². The number of nitrogens with zero attached hydrogens (tertiary/aromatic N) is 1. The predicted molar refractivity (Wildman–Crippen MR) is 90.9 cm³/mol. The van der Waals surface area contributed by atoms with Gasteiger partial charge in [0.1, 0.15) is 0 Å². The summed E-state index contributed by atoms with van der Waals surface area (Å²) in [6.07, 6.45) is 13.6. The second-order valence-electron chi connectivity index (χ2n) is 5.78. The maximum absolute atomic E-state index is 12.1. The zero-order chi connectivity index (χ0) is 16.6. The summed E-state index contributed by atoms with van der Waals surface area (Å²) in [5.41, 5.74) is 0. The first-order valence-corrected chi connectivity index (χ1v) is 8.79. The van der Waals surface area contributed by atoms with Crippen LogP contribution < -0.4 is 0 Å². The third kappa shape index (κ3) is 12.4. The molecule has 4 nitrogen and oxygen atoms in total. The van der Waals surface area contributed by atoms with Gasteiger partial charge in [-0.1, -0.05) is 64.9 Å². The van der Waals surface area contributed by atoms with Crippen LogP contribution in [-0.2, 0) is 9.59 Å². The molecule has 128 valence electrons. The Kier molecular flexibility index (Phi) is 13.7. The normalized spacial score (nSPS) is 11.0. The molecule has 0 bridgehead atoms. The van der Waals surface area contributed by atoms with Crippen LogP contribution in [0.3, 0.4) is 0 Å². The van der Waals surface area contributed by atoms with Crippen molar-refractivity contribution < 1.29 is 14.7 Å². The van der Waals surface area contributed by atoms with Crippen LogP contribution in [0, 0.1) is 0 Å². The largest absolute Gasteiger partial charge is 0.481 e. The molecular formula is C18H33NO3. The number of hydrogen-bond acceptors (Lipinski definition) is 2. The van der Waals surface area contributed by atoms with Crippen LogP contribution >= 0.6 is 0 Å². The minimum absolute atomic E-state index is 0.0182. The highest BCUT2D eigenvalue weighted by Gasteiger charge is 2.11. The lowest BCUT2D eigenvalue weighted by Crippen LogP contribution is -2.32. The lowest BCUT2D eigenvalue weighted by atomic mass is 10.1. The van der Waals surface area contributed by atoms with Crippen molar-refractivity contribution in [3.8, 4) is 0 Å². The number of amides is 1. The molecule has 0 aliphatic heterocycles. The first-order valence-electron chi connectivity index (χ1n) is 8.79. The summed E-state index contributed by atoms with van der Waals surface area (Å²) in [6.45, 7) is 5.28. The highest BCUT2D eigenvalue weighted by molar-refractivity contribution is 5.87. The van der Waals surface area contributed by atoms with Crippen LogP contribution in [0.1, 0.15) is 78.1 Å². The Bertz CT molecular complexity index is 326. The highest BCUT2D eigenvalue weighted by atomic mass is 16.4. The number of hydrogen-bond donors (Lipinski definition) is 1. The molecule has 0 aromatic carbocycles. The van der Waals surface area contributed by atoms with Crippen LogP contribution in [0.15, 0.2) is 12.2 Å². The molecule has 1 amide bonds.